The van der Waals surface area contributed by atoms with E-state index in [1.807, 2.05) is 30.3 Å². The van der Waals surface area contributed by atoms with Gasteiger partial charge in [0.05, 0.1) is 13.0 Å². The van der Waals surface area contributed by atoms with Crippen molar-refractivity contribution in [2.75, 3.05) is 13.2 Å². The minimum atomic E-state index is 0.111. The first-order valence-corrected chi connectivity index (χ1v) is 7.19. The molecule has 0 N–H and O–H groups in total. The van der Waals surface area contributed by atoms with Crippen molar-refractivity contribution in [3.8, 4) is 5.75 Å². The fourth-order valence-corrected chi connectivity index (χ4v) is 2.21. The topological polar surface area (TPSA) is 41.9 Å². The van der Waals surface area contributed by atoms with Gasteiger partial charge in [0, 0.05) is 18.7 Å². The largest absolute Gasteiger partial charge is 0.494 e. The van der Waals surface area contributed by atoms with Crippen molar-refractivity contribution >= 4 is 11.6 Å². The Morgan fingerprint density at radius 2 is 2.05 bits per heavy atom. The number of rotatable bonds is 7. The van der Waals surface area contributed by atoms with Crippen LogP contribution in [-0.2, 0) is 4.79 Å². The third-order valence-corrected chi connectivity index (χ3v) is 3.08. The van der Waals surface area contributed by atoms with Crippen LogP contribution in [0, 0.1) is 5.92 Å². The average molecular weight is 274 g/mol. The van der Waals surface area contributed by atoms with Gasteiger partial charge in [-0.15, -0.1) is 0 Å². The predicted molar refractivity (Wildman–Crippen MR) is 79.8 cm³/mol. The Labute approximate surface area is 120 Å². The summed E-state index contributed by atoms with van der Waals surface area (Å²) >= 11 is 0. The molecule has 1 aliphatic heterocycles. The van der Waals surface area contributed by atoms with Crippen molar-refractivity contribution in [1.82, 2.24) is 5.01 Å². The van der Waals surface area contributed by atoms with Gasteiger partial charge < -0.3 is 4.74 Å². The number of carbonyl (C=O) groups is 1. The molecule has 0 aliphatic carbocycles. The monoisotopic (exact) mass is 274 g/mol. The maximum Gasteiger partial charge on any atom is 0.248 e. The quantitative estimate of drug-likeness (QED) is 0.717. The molecule has 1 aliphatic rings. The molecule has 1 aromatic rings. The van der Waals surface area contributed by atoms with Crippen LogP contribution >= 0.6 is 0 Å². The van der Waals surface area contributed by atoms with Crippen LogP contribution < -0.4 is 4.74 Å². The maximum atomic E-state index is 11.8. The lowest BCUT2D eigenvalue weighted by atomic mass is 10.1. The highest BCUT2D eigenvalue weighted by Crippen LogP contribution is 2.15. The molecule has 0 saturated heterocycles. The van der Waals surface area contributed by atoms with Crippen molar-refractivity contribution in [1.29, 1.82) is 0 Å². The summed E-state index contributed by atoms with van der Waals surface area (Å²) in [5, 5.41) is 5.99. The number of carbonyl (C=O) groups excluding carboxylic acids is 1. The molecular weight excluding hydrogens is 252 g/mol. The Morgan fingerprint density at radius 1 is 1.30 bits per heavy atom. The van der Waals surface area contributed by atoms with Gasteiger partial charge in [-0.3, -0.25) is 4.79 Å². The number of hydrazone groups is 1. The number of hydrogen-bond acceptors (Lipinski definition) is 3. The summed E-state index contributed by atoms with van der Waals surface area (Å²) in [6.45, 7) is 5.52. The molecular formula is C16H22N2O2. The second kappa shape index (κ2) is 7.08. The number of amides is 1. The van der Waals surface area contributed by atoms with Crippen molar-refractivity contribution in [3.05, 3.63) is 30.3 Å². The highest BCUT2D eigenvalue weighted by Gasteiger charge is 2.23. The summed E-state index contributed by atoms with van der Waals surface area (Å²) in [6, 6.07) is 9.71. The van der Waals surface area contributed by atoms with E-state index in [1.165, 1.54) is 0 Å². The lowest BCUT2D eigenvalue weighted by Crippen LogP contribution is -2.23. The molecule has 0 unspecified atom stereocenters. The van der Waals surface area contributed by atoms with Crippen LogP contribution in [0.15, 0.2) is 35.4 Å². The minimum Gasteiger partial charge on any atom is -0.494 e. The van der Waals surface area contributed by atoms with Gasteiger partial charge in [-0.05, 0) is 24.5 Å². The lowest BCUT2D eigenvalue weighted by Gasteiger charge is -2.12. The van der Waals surface area contributed by atoms with Crippen LogP contribution in [0.3, 0.4) is 0 Å². The minimum absolute atomic E-state index is 0.111. The number of nitrogens with zero attached hydrogens (tertiary/aromatic N) is 2. The second-order valence-electron chi connectivity index (χ2n) is 5.47. The van der Waals surface area contributed by atoms with Gasteiger partial charge in [0.25, 0.3) is 0 Å². The molecule has 0 atom stereocenters. The van der Waals surface area contributed by atoms with E-state index in [2.05, 4.69) is 18.9 Å². The molecule has 1 amide bonds. The zero-order chi connectivity index (χ0) is 14.4. The Hall–Kier alpha value is -1.84. The summed E-state index contributed by atoms with van der Waals surface area (Å²) in [4.78, 5) is 11.8. The van der Waals surface area contributed by atoms with E-state index in [-0.39, 0.29) is 5.91 Å². The fourth-order valence-electron chi connectivity index (χ4n) is 2.21. The molecule has 20 heavy (non-hydrogen) atoms. The fraction of sp³-hybridized carbons (Fsp3) is 0.500. The van der Waals surface area contributed by atoms with Gasteiger partial charge in [-0.25, -0.2) is 5.01 Å². The normalized spacial score (nSPS) is 14.8. The molecule has 2 rings (SSSR count). The van der Waals surface area contributed by atoms with E-state index >= 15 is 0 Å². The second-order valence-corrected chi connectivity index (χ2v) is 5.47. The first-order chi connectivity index (χ1) is 9.65. The zero-order valence-electron chi connectivity index (χ0n) is 12.2. The lowest BCUT2D eigenvalue weighted by molar-refractivity contribution is -0.128. The number of hydrogen-bond donors (Lipinski definition) is 0. The molecule has 4 heteroatoms. The zero-order valence-corrected chi connectivity index (χ0v) is 12.2. The first kappa shape index (κ1) is 14.6. The number of para-hydroxylation sites is 1. The summed E-state index contributed by atoms with van der Waals surface area (Å²) in [6.07, 6.45) is 2.18. The Morgan fingerprint density at radius 3 is 2.75 bits per heavy atom. The van der Waals surface area contributed by atoms with Crippen LogP contribution in [0.4, 0.5) is 0 Å². The Kier molecular flexibility index (Phi) is 5.16. The van der Waals surface area contributed by atoms with Gasteiger partial charge in [0.15, 0.2) is 0 Å². The molecule has 0 spiro atoms. The van der Waals surface area contributed by atoms with Crippen LogP contribution in [0.25, 0.3) is 0 Å². The van der Waals surface area contributed by atoms with Gasteiger partial charge in [0.1, 0.15) is 5.75 Å². The van der Waals surface area contributed by atoms with Crippen molar-refractivity contribution in [2.45, 2.75) is 33.1 Å². The van der Waals surface area contributed by atoms with Crippen molar-refractivity contribution in [3.63, 3.8) is 0 Å². The van der Waals surface area contributed by atoms with E-state index in [4.69, 9.17) is 4.74 Å². The van der Waals surface area contributed by atoms with Crippen molar-refractivity contribution in [2.24, 2.45) is 11.0 Å². The van der Waals surface area contributed by atoms with Crippen LogP contribution in [0.1, 0.15) is 33.1 Å². The molecule has 0 saturated carbocycles. The molecule has 0 bridgehead atoms. The van der Waals surface area contributed by atoms with Crippen LogP contribution in [-0.4, -0.2) is 29.8 Å². The number of ether oxygens (including phenoxy) is 1. The average Bonchev–Trinajstić information content (AvgIpc) is 2.75. The van der Waals surface area contributed by atoms with Gasteiger partial charge in [-0.1, -0.05) is 32.0 Å². The highest BCUT2D eigenvalue weighted by molar-refractivity contribution is 6.04. The van der Waals surface area contributed by atoms with E-state index in [0.717, 1.165) is 24.3 Å². The molecule has 0 aromatic heterocycles. The van der Waals surface area contributed by atoms with Gasteiger partial charge in [-0.2, -0.15) is 5.10 Å². The SMILES string of the molecule is CC(C)CC1=NN(CCCOc2ccccc2)C(=O)C1. The standard InChI is InChI=1S/C16H22N2O2/c1-13(2)11-14-12-16(19)18(17-14)9-6-10-20-15-7-4-3-5-8-15/h3-5,7-8,13H,6,9-12H2,1-2H3. The maximum absolute atomic E-state index is 11.8. The summed E-state index contributed by atoms with van der Waals surface area (Å²) in [5.74, 6) is 1.52. The first-order valence-electron chi connectivity index (χ1n) is 7.19. The molecule has 1 aromatic carbocycles. The van der Waals surface area contributed by atoms with Gasteiger partial charge >= 0.3 is 0 Å². The third-order valence-electron chi connectivity index (χ3n) is 3.08. The van der Waals surface area contributed by atoms with Crippen LogP contribution in [0.5, 0.6) is 5.75 Å². The van der Waals surface area contributed by atoms with Crippen LogP contribution in [0.2, 0.25) is 0 Å². The Balaban J connectivity index is 1.71. The molecule has 0 fully saturated rings. The molecule has 108 valence electrons. The summed E-state index contributed by atoms with van der Waals surface area (Å²) in [5.41, 5.74) is 1.01. The van der Waals surface area contributed by atoms with E-state index in [1.54, 1.807) is 5.01 Å². The smallest absolute Gasteiger partial charge is 0.248 e. The third kappa shape index (κ3) is 4.37. The van der Waals surface area contributed by atoms with E-state index in [0.29, 0.717) is 25.5 Å². The molecule has 1 heterocycles. The Bertz CT molecular complexity index is 469. The molecule has 4 nitrogen and oxygen atoms in total. The van der Waals surface area contributed by atoms with E-state index < -0.39 is 0 Å². The number of benzene rings is 1. The van der Waals surface area contributed by atoms with Crippen molar-refractivity contribution < 1.29 is 9.53 Å². The predicted octanol–water partition coefficient (Wildman–Crippen LogP) is 3.09. The van der Waals surface area contributed by atoms with E-state index in [9.17, 15) is 4.79 Å². The summed E-state index contributed by atoms with van der Waals surface area (Å²) in [7, 11) is 0. The highest BCUT2D eigenvalue weighted by atomic mass is 16.5. The van der Waals surface area contributed by atoms with Gasteiger partial charge in [0.2, 0.25) is 5.91 Å². The molecule has 0 radical (unpaired) electrons. The summed E-state index contributed by atoms with van der Waals surface area (Å²) < 4.78 is 5.61.